The number of aliphatic hydroxyl groups is 1. The molecule has 1 unspecified atom stereocenters. The third-order valence-electron chi connectivity index (χ3n) is 5.57. The van der Waals surface area contributed by atoms with Crippen molar-refractivity contribution in [1.29, 1.82) is 0 Å². The highest BCUT2D eigenvalue weighted by molar-refractivity contribution is 5.98. The van der Waals surface area contributed by atoms with Crippen LogP contribution in [0.4, 0.5) is 4.39 Å². The average Bonchev–Trinajstić information content (AvgIpc) is 3.23. The molecule has 3 N–H and O–H groups in total. The number of nitrogens with one attached hydrogen (secondary N) is 2. The number of H-pyrrole nitrogens is 1. The van der Waals surface area contributed by atoms with E-state index >= 15 is 0 Å². The number of para-hydroxylation sites is 1. The average molecular weight is 448 g/mol. The van der Waals surface area contributed by atoms with Gasteiger partial charge < -0.3 is 20.1 Å². The molecule has 4 aromatic rings. The Morgan fingerprint density at radius 2 is 2.03 bits per heavy atom. The Morgan fingerprint density at radius 1 is 1.21 bits per heavy atom. The molecule has 0 saturated carbocycles. The van der Waals surface area contributed by atoms with Gasteiger partial charge in [0.15, 0.2) is 0 Å². The van der Waals surface area contributed by atoms with Gasteiger partial charge in [-0.3, -0.25) is 4.79 Å². The molecule has 0 bridgehead atoms. The lowest BCUT2D eigenvalue weighted by Crippen LogP contribution is -2.39. The van der Waals surface area contributed by atoms with Crippen molar-refractivity contribution in [2.45, 2.75) is 26.3 Å². The number of amides is 1. The van der Waals surface area contributed by atoms with Gasteiger partial charge in [0.05, 0.1) is 24.8 Å². The normalized spacial score (nSPS) is 12.0. The molecule has 7 heteroatoms. The molecule has 0 fully saturated rings. The van der Waals surface area contributed by atoms with Gasteiger partial charge in [0.1, 0.15) is 5.75 Å². The summed E-state index contributed by atoms with van der Waals surface area (Å²) in [5.41, 5.74) is 4.20. The van der Waals surface area contributed by atoms with Gasteiger partial charge in [-0.05, 0) is 55.7 Å². The van der Waals surface area contributed by atoms with Crippen LogP contribution in [0.2, 0.25) is 0 Å². The topological polar surface area (TPSA) is 87.2 Å². The van der Waals surface area contributed by atoms with Crippen LogP contribution < -0.4 is 10.1 Å². The first-order valence-electron chi connectivity index (χ1n) is 10.9. The van der Waals surface area contributed by atoms with Gasteiger partial charge in [-0.15, -0.1) is 0 Å². The van der Waals surface area contributed by atoms with E-state index in [0.717, 1.165) is 22.0 Å². The molecule has 6 nitrogen and oxygen atoms in total. The molecule has 0 aliphatic carbocycles. The fourth-order valence-electron chi connectivity index (χ4n) is 3.87. The van der Waals surface area contributed by atoms with Crippen molar-refractivity contribution >= 4 is 16.8 Å². The van der Waals surface area contributed by atoms with Gasteiger partial charge in [0.25, 0.3) is 5.91 Å². The van der Waals surface area contributed by atoms with E-state index in [2.05, 4.69) is 15.3 Å². The standard InChI is InChI=1S/C26H26FN3O3/c1-3-33-24-9-8-17(18-10-16(2)25(27)29-13-18)12-22(24)26(32)30-20(15-31)11-19-14-28-23-7-5-4-6-21(19)23/h4-10,12-14,20,28,31H,3,11,15H2,1-2H3,(H,30,32). The highest BCUT2D eigenvalue weighted by Gasteiger charge is 2.20. The van der Waals surface area contributed by atoms with Crippen LogP contribution in [-0.4, -0.2) is 40.2 Å². The molecule has 1 amide bonds. The van der Waals surface area contributed by atoms with Crippen molar-refractivity contribution in [1.82, 2.24) is 15.3 Å². The number of ether oxygens (including phenoxy) is 1. The molecule has 0 saturated heterocycles. The summed E-state index contributed by atoms with van der Waals surface area (Å²) in [7, 11) is 0. The molecule has 0 aliphatic rings. The van der Waals surface area contributed by atoms with Gasteiger partial charge in [0, 0.05) is 34.4 Å². The highest BCUT2D eigenvalue weighted by atomic mass is 19.1. The quantitative estimate of drug-likeness (QED) is 0.349. The molecule has 1 atom stereocenters. The van der Waals surface area contributed by atoms with Crippen LogP contribution in [0.5, 0.6) is 5.75 Å². The summed E-state index contributed by atoms with van der Waals surface area (Å²) >= 11 is 0. The largest absolute Gasteiger partial charge is 0.493 e. The maximum Gasteiger partial charge on any atom is 0.255 e. The van der Waals surface area contributed by atoms with E-state index in [9.17, 15) is 14.3 Å². The summed E-state index contributed by atoms with van der Waals surface area (Å²) in [5.74, 6) is -0.439. The first-order chi connectivity index (χ1) is 16.0. The van der Waals surface area contributed by atoms with Crippen molar-refractivity contribution in [2.24, 2.45) is 0 Å². The van der Waals surface area contributed by atoms with Gasteiger partial charge in [-0.2, -0.15) is 4.39 Å². The third-order valence-corrected chi connectivity index (χ3v) is 5.57. The minimum Gasteiger partial charge on any atom is -0.493 e. The van der Waals surface area contributed by atoms with Crippen LogP contribution in [0.1, 0.15) is 28.4 Å². The molecular weight excluding hydrogens is 421 g/mol. The molecule has 170 valence electrons. The van der Waals surface area contributed by atoms with E-state index in [1.165, 1.54) is 6.20 Å². The number of halogens is 1. The fourth-order valence-corrected chi connectivity index (χ4v) is 3.87. The zero-order valence-electron chi connectivity index (χ0n) is 18.6. The zero-order valence-corrected chi connectivity index (χ0v) is 18.6. The Labute approximate surface area is 191 Å². The molecule has 4 rings (SSSR count). The minimum absolute atomic E-state index is 0.212. The predicted molar refractivity (Wildman–Crippen MR) is 126 cm³/mol. The second-order valence-electron chi connectivity index (χ2n) is 7.89. The van der Waals surface area contributed by atoms with E-state index in [-0.39, 0.29) is 12.5 Å². The number of aromatic nitrogens is 2. The Hall–Kier alpha value is -3.71. The summed E-state index contributed by atoms with van der Waals surface area (Å²) < 4.78 is 19.3. The maximum atomic E-state index is 13.6. The molecule has 2 aromatic heterocycles. The lowest BCUT2D eigenvalue weighted by molar-refractivity contribution is 0.0913. The van der Waals surface area contributed by atoms with E-state index in [0.29, 0.717) is 35.5 Å². The van der Waals surface area contributed by atoms with Crippen molar-refractivity contribution in [3.8, 4) is 16.9 Å². The van der Waals surface area contributed by atoms with Gasteiger partial charge >= 0.3 is 0 Å². The summed E-state index contributed by atoms with van der Waals surface area (Å²) in [5, 5.41) is 13.9. The Balaban J connectivity index is 1.60. The highest BCUT2D eigenvalue weighted by Crippen LogP contribution is 2.28. The number of hydrogen-bond donors (Lipinski definition) is 3. The minimum atomic E-state index is -0.522. The molecule has 0 radical (unpaired) electrons. The number of rotatable bonds is 8. The van der Waals surface area contributed by atoms with E-state index in [1.54, 1.807) is 25.1 Å². The van der Waals surface area contributed by atoms with Crippen molar-refractivity contribution < 1.29 is 19.0 Å². The van der Waals surface area contributed by atoms with Gasteiger partial charge in [0.2, 0.25) is 5.95 Å². The van der Waals surface area contributed by atoms with E-state index in [1.807, 2.05) is 43.5 Å². The summed E-state index contributed by atoms with van der Waals surface area (Å²) in [4.78, 5) is 20.2. The Morgan fingerprint density at radius 3 is 2.79 bits per heavy atom. The van der Waals surface area contributed by atoms with Crippen LogP contribution in [0.3, 0.4) is 0 Å². The van der Waals surface area contributed by atoms with E-state index in [4.69, 9.17) is 4.74 Å². The summed E-state index contributed by atoms with van der Waals surface area (Å²) in [6.45, 7) is 3.67. The first-order valence-corrected chi connectivity index (χ1v) is 10.9. The lowest BCUT2D eigenvalue weighted by Gasteiger charge is -2.18. The van der Waals surface area contributed by atoms with Gasteiger partial charge in [-0.1, -0.05) is 24.3 Å². The summed E-state index contributed by atoms with van der Waals surface area (Å²) in [6, 6.07) is 14.3. The number of hydrogen-bond acceptors (Lipinski definition) is 4. The first kappa shape index (κ1) is 22.5. The number of nitrogens with zero attached hydrogens (tertiary/aromatic N) is 1. The number of carbonyl (C=O) groups is 1. The fraction of sp³-hybridized carbons (Fsp3) is 0.231. The van der Waals surface area contributed by atoms with Gasteiger partial charge in [-0.25, -0.2) is 4.98 Å². The number of pyridine rings is 1. The second-order valence-corrected chi connectivity index (χ2v) is 7.89. The Bertz CT molecular complexity index is 1290. The molecule has 33 heavy (non-hydrogen) atoms. The van der Waals surface area contributed by atoms with E-state index < -0.39 is 12.0 Å². The number of aryl methyl sites for hydroxylation is 1. The van der Waals surface area contributed by atoms with Crippen LogP contribution in [0.15, 0.2) is 60.9 Å². The van der Waals surface area contributed by atoms with Crippen LogP contribution in [0.25, 0.3) is 22.0 Å². The summed E-state index contributed by atoms with van der Waals surface area (Å²) in [6.07, 6.45) is 3.81. The third kappa shape index (κ3) is 4.88. The van der Waals surface area contributed by atoms with Crippen LogP contribution in [-0.2, 0) is 6.42 Å². The zero-order chi connectivity index (χ0) is 23.4. The van der Waals surface area contributed by atoms with Crippen molar-refractivity contribution in [3.63, 3.8) is 0 Å². The molecular formula is C26H26FN3O3. The number of benzene rings is 2. The number of carbonyl (C=O) groups excluding carboxylic acids is 1. The number of fused-ring (bicyclic) bond motifs is 1. The predicted octanol–water partition coefficient (Wildman–Crippen LogP) is 4.41. The second kappa shape index (κ2) is 9.83. The smallest absolute Gasteiger partial charge is 0.255 e. The SMILES string of the molecule is CCOc1ccc(-c2cnc(F)c(C)c2)cc1C(=O)NC(CO)Cc1c[nH]c2ccccc12. The number of aliphatic hydroxyl groups excluding tert-OH is 1. The van der Waals surface area contributed by atoms with Crippen molar-refractivity contribution in [2.75, 3.05) is 13.2 Å². The lowest BCUT2D eigenvalue weighted by atomic mass is 10.0. The molecule has 2 aromatic carbocycles. The Kier molecular flexibility index (Phi) is 6.70. The number of aromatic amines is 1. The monoisotopic (exact) mass is 447 g/mol. The molecule has 2 heterocycles. The van der Waals surface area contributed by atoms with Crippen LogP contribution in [0, 0.1) is 12.9 Å². The van der Waals surface area contributed by atoms with Crippen LogP contribution >= 0.6 is 0 Å². The molecule has 0 aliphatic heterocycles. The maximum absolute atomic E-state index is 13.6. The molecule has 0 spiro atoms. The van der Waals surface area contributed by atoms with Crippen molar-refractivity contribution in [3.05, 3.63) is 83.6 Å².